The molecule has 1 aromatic carbocycles. The van der Waals surface area contributed by atoms with E-state index in [1.165, 1.54) is 12.1 Å². The maximum atomic E-state index is 13.2. The molecule has 0 bridgehead atoms. The van der Waals surface area contributed by atoms with Crippen LogP contribution in [0.15, 0.2) is 41.6 Å². The van der Waals surface area contributed by atoms with Crippen LogP contribution >= 0.6 is 0 Å². The normalized spacial score (nSPS) is 11.4. The van der Waals surface area contributed by atoms with Crippen LogP contribution in [0, 0.1) is 5.82 Å². The summed E-state index contributed by atoms with van der Waals surface area (Å²) in [4.78, 5) is 14.5. The third kappa shape index (κ3) is 3.03. The molecule has 0 spiro atoms. The Balaban J connectivity index is 2.21. The molecule has 20 heavy (non-hydrogen) atoms. The van der Waals surface area contributed by atoms with Crippen LogP contribution in [-0.4, -0.2) is 21.7 Å². The predicted octanol–water partition coefficient (Wildman–Crippen LogP) is 2.40. The van der Waals surface area contributed by atoms with Gasteiger partial charge in [0.25, 0.3) is 5.91 Å². The van der Waals surface area contributed by atoms with Crippen molar-refractivity contribution < 1.29 is 14.3 Å². The molecule has 0 atom stereocenters. The lowest BCUT2D eigenvalue weighted by Crippen LogP contribution is -2.20. The zero-order valence-electron chi connectivity index (χ0n) is 10.9. The standard InChI is InChI=1S/C14H14FN3O2/c1-2-11(10-8-9(15)5-6-13(10)19)17-18-14(20)12-4-3-7-16-12/h3-8,16,19H,2H2,1H3,(H,18,20)/b17-11+. The second kappa shape index (κ2) is 6.01. The number of rotatable bonds is 4. The molecule has 0 aliphatic heterocycles. The molecule has 2 aromatic rings. The first kappa shape index (κ1) is 13.8. The maximum absolute atomic E-state index is 13.2. The molecule has 0 aliphatic carbocycles. The van der Waals surface area contributed by atoms with Gasteiger partial charge in [0.1, 0.15) is 17.3 Å². The molecular weight excluding hydrogens is 261 g/mol. The van der Waals surface area contributed by atoms with Gasteiger partial charge in [0, 0.05) is 11.8 Å². The van der Waals surface area contributed by atoms with Gasteiger partial charge in [0.2, 0.25) is 0 Å². The van der Waals surface area contributed by atoms with Gasteiger partial charge in [-0.25, -0.2) is 9.82 Å². The average molecular weight is 275 g/mol. The Morgan fingerprint density at radius 1 is 1.45 bits per heavy atom. The first-order valence-electron chi connectivity index (χ1n) is 6.11. The Kier molecular flexibility index (Phi) is 4.14. The molecule has 104 valence electrons. The molecule has 0 fully saturated rings. The number of aromatic hydroxyl groups is 1. The van der Waals surface area contributed by atoms with Crippen molar-refractivity contribution in [2.24, 2.45) is 5.10 Å². The van der Waals surface area contributed by atoms with E-state index >= 15 is 0 Å². The lowest BCUT2D eigenvalue weighted by atomic mass is 10.1. The van der Waals surface area contributed by atoms with Crippen molar-refractivity contribution in [2.45, 2.75) is 13.3 Å². The van der Waals surface area contributed by atoms with E-state index in [0.29, 0.717) is 17.8 Å². The Labute approximate surface area is 115 Å². The van der Waals surface area contributed by atoms with Gasteiger partial charge in [-0.15, -0.1) is 0 Å². The lowest BCUT2D eigenvalue weighted by molar-refractivity contribution is 0.0950. The average Bonchev–Trinajstić information content (AvgIpc) is 2.97. The number of hydrazone groups is 1. The highest BCUT2D eigenvalue weighted by atomic mass is 19.1. The molecule has 0 unspecified atom stereocenters. The molecule has 0 aliphatic rings. The van der Waals surface area contributed by atoms with Gasteiger partial charge in [-0.2, -0.15) is 5.10 Å². The quantitative estimate of drug-likeness (QED) is 0.592. The maximum Gasteiger partial charge on any atom is 0.287 e. The van der Waals surface area contributed by atoms with Crippen molar-refractivity contribution in [2.75, 3.05) is 0 Å². The molecule has 6 heteroatoms. The van der Waals surface area contributed by atoms with Crippen LogP contribution in [0.4, 0.5) is 4.39 Å². The topological polar surface area (TPSA) is 77.5 Å². The summed E-state index contributed by atoms with van der Waals surface area (Å²) in [6.07, 6.45) is 2.06. The van der Waals surface area contributed by atoms with E-state index in [1.54, 1.807) is 25.3 Å². The van der Waals surface area contributed by atoms with Crippen LogP contribution in [0.2, 0.25) is 0 Å². The number of hydrogen-bond donors (Lipinski definition) is 3. The second-order valence-corrected chi connectivity index (χ2v) is 4.10. The number of amides is 1. The summed E-state index contributed by atoms with van der Waals surface area (Å²) in [7, 11) is 0. The Hall–Kier alpha value is -2.63. The van der Waals surface area contributed by atoms with E-state index in [0.717, 1.165) is 6.07 Å². The Bertz CT molecular complexity index is 636. The van der Waals surface area contributed by atoms with Gasteiger partial charge in [-0.05, 0) is 36.8 Å². The fourth-order valence-corrected chi connectivity index (χ4v) is 1.72. The van der Waals surface area contributed by atoms with E-state index in [1.807, 2.05) is 0 Å². The van der Waals surface area contributed by atoms with E-state index in [9.17, 15) is 14.3 Å². The highest BCUT2D eigenvalue weighted by Gasteiger charge is 2.10. The number of hydrogen-bond acceptors (Lipinski definition) is 3. The monoisotopic (exact) mass is 275 g/mol. The lowest BCUT2D eigenvalue weighted by Gasteiger charge is -2.07. The van der Waals surface area contributed by atoms with Gasteiger partial charge >= 0.3 is 0 Å². The van der Waals surface area contributed by atoms with Crippen molar-refractivity contribution in [3.8, 4) is 5.75 Å². The van der Waals surface area contributed by atoms with Gasteiger partial charge in [-0.3, -0.25) is 4.79 Å². The zero-order valence-corrected chi connectivity index (χ0v) is 10.9. The SMILES string of the molecule is CC/C(=N\NC(=O)c1ccc[nH]1)c1cc(F)ccc1O. The zero-order chi connectivity index (χ0) is 14.5. The van der Waals surface area contributed by atoms with Crippen LogP contribution in [0.1, 0.15) is 29.4 Å². The number of carbonyl (C=O) groups excluding carboxylic acids is 1. The molecular formula is C14H14FN3O2. The predicted molar refractivity (Wildman–Crippen MR) is 73.2 cm³/mol. The summed E-state index contributed by atoms with van der Waals surface area (Å²) in [6, 6.07) is 6.89. The summed E-state index contributed by atoms with van der Waals surface area (Å²) in [5, 5.41) is 13.7. The third-order valence-corrected chi connectivity index (χ3v) is 2.74. The Morgan fingerprint density at radius 2 is 2.25 bits per heavy atom. The smallest absolute Gasteiger partial charge is 0.287 e. The van der Waals surface area contributed by atoms with Crippen LogP contribution in [0.25, 0.3) is 0 Å². The number of aromatic nitrogens is 1. The minimum absolute atomic E-state index is 0.0823. The van der Waals surface area contributed by atoms with Crippen molar-refractivity contribution >= 4 is 11.6 Å². The molecule has 3 N–H and O–H groups in total. The van der Waals surface area contributed by atoms with Crippen molar-refractivity contribution in [3.63, 3.8) is 0 Å². The number of carbonyl (C=O) groups is 1. The number of halogens is 1. The number of phenols is 1. The highest BCUT2D eigenvalue weighted by Crippen LogP contribution is 2.19. The fourth-order valence-electron chi connectivity index (χ4n) is 1.72. The largest absolute Gasteiger partial charge is 0.507 e. The van der Waals surface area contributed by atoms with Crippen LogP contribution in [0.5, 0.6) is 5.75 Å². The molecule has 1 amide bonds. The fraction of sp³-hybridized carbons (Fsp3) is 0.143. The molecule has 2 rings (SSSR count). The molecule has 1 aromatic heterocycles. The van der Waals surface area contributed by atoms with Crippen LogP contribution in [0.3, 0.4) is 0 Å². The second-order valence-electron chi connectivity index (χ2n) is 4.10. The van der Waals surface area contributed by atoms with Crippen molar-refractivity contribution in [1.82, 2.24) is 10.4 Å². The number of phenolic OH excluding ortho intramolecular Hbond substituents is 1. The van der Waals surface area contributed by atoms with Gasteiger partial charge in [0.15, 0.2) is 0 Å². The Morgan fingerprint density at radius 3 is 2.90 bits per heavy atom. The summed E-state index contributed by atoms with van der Waals surface area (Å²) in [6.45, 7) is 1.80. The molecule has 0 saturated carbocycles. The van der Waals surface area contributed by atoms with Gasteiger partial charge < -0.3 is 10.1 Å². The van der Waals surface area contributed by atoms with E-state index in [4.69, 9.17) is 0 Å². The minimum Gasteiger partial charge on any atom is -0.507 e. The molecule has 5 nitrogen and oxygen atoms in total. The number of nitrogens with zero attached hydrogens (tertiary/aromatic N) is 1. The summed E-state index contributed by atoms with van der Waals surface area (Å²) in [5.74, 6) is -0.965. The van der Waals surface area contributed by atoms with Crippen LogP contribution in [-0.2, 0) is 0 Å². The first-order chi connectivity index (χ1) is 9.61. The van der Waals surface area contributed by atoms with E-state index in [-0.39, 0.29) is 11.3 Å². The summed E-state index contributed by atoms with van der Waals surface area (Å²) in [5.41, 5.74) is 3.39. The highest BCUT2D eigenvalue weighted by molar-refractivity contribution is 6.03. The summed E-state index contributed by atoms with van der Waals surface area (Å²) < 4.78 is 13.2. The number of aromatic amines is 1. The van der Waals surface area contributed by atoms with Gasteiger partial charge in [0.05, 0.1) is 5.71 Å². The van der Waals surface area contributed by atoms with Crippen LogP contribution < -0.4 is 5.43 Å². The van der Waals surface area contributed by atoms with Crippen molar-refractivity contribution in [3.05, 3.63) is 53.6 Å². The van der Waals surface area contributed by atoms with E-state index in [2.05, 4.69) is 15.5 Å². The number of nitrogens with one attached hydrogen (secondary N) is 2. The third-order valence-electron chi connectivity index (χ3n) is 2.74. The molecule has 1 heterocycles. The first-order valence-corrected chi connectivity index (χ1v) is 6.11. The number of benzene rings is 1. The van der Waals surface area contributed by atoms with Crippen molar-refractivity contribution in [1.29, 1.82) is 0 Å². The number of H-pyrrole nitrogens is 1. The molecule has 0 saturated heterocycles. The van der Waals surface area contributed by atoms with E-state index < -0.39 is 11.7 Å². The minimum atomic E-state index is -0.477. The summed E-state index contributed by atoms with van der Waals surface area (Å²) >= 11 is 0. The molecule has 0 radical (unpaired) electrons. The van der Waals surface area contributed by atoms with Gasteiger partial charge in [-0.1, -0.05) is 6.92 Å².